The van der Waals surface area contributed by atoms with Gasteiger partial charge in [0, 0.05) is 16.9 Å². The average molecular weight is 407 g/mol. The molecule has 2 amide bonds. The molecule has 2 aromatic rings. The summed E-state index contributed by atoms with van der Waals surface area (Å²) in [7, 11) is 0. The van der Waals surface area contributed by atoms with E-state index in [1.807, 2.05) is 29.6 Å². The van der Waals surface area contributed by atoms with Crippen molar-refractivity contribution in [3.05, 3.63) is 59.2 Å². The van der Waals surface area contributed by atoms with Crippen molar-refractivity contribution in [2.24, 2.45) is 0 Å². The molecule has 0 spiro atoms. The van der Waals surface area contributed by atoms with Crippen LogP contribution in [0.3, 0.4) is 0 Å². The summed E-state index contributed by atoms with van der Waals surface area (Å²) in [4.78, 5) is 24.1. The molecule has 2 aromatic carbocycles. The van der Waals surface area contributed by atoms with Gasteiger partial charge in [-0.1, -0.05) is 32.0 Å². The second kappa shape index (κ2) is 9.45. The van der Waals surface area contributed by atoms with Gasteiger partial charge in [-0.25, -0.2) is 0 Å². The van der Waals surface area contributed by atoms with Crippen LogP contribution in [-0.2, 0) is 4.79 Å². The summed E-state index contributed by atoms with van der Waals surface area (Å²) in [5.41, 5.74) is 3.16. The number of benzene rings is 2. The molecule has 0 aromatic heterocycles. The maximum Gasteiger partial charge on any atom is 0.405 e. The molecule has 0 aliphatic rings. The van der Waals surface area contributed by atoms with Gasteiger partial charge in [0.1, 0.15) is 6.54 Å². The third-order valence-electron chi connectivity index (χ3n) is 4.25. The Hall–Kier alpha value is -3.03. The van der Waals surface area contributed by atoms with Gasteiger partial charge in [-0.05, 0) is 48.2 Å². The van der Waals surface area contributed by atoms with E-state index in [2.05, 4.69) is 24.5 Å². The lowest BCUT2D eigenvalue weighted by Crippen LogP contribution is -2.33. The van der Waals surface area contributed by atoms with Crippen molar-refractivity contribution in [2.75, 3.05) is 23.7 Å². The van der Waals surface area contributed by atoms with E-state index in [1.54, 1.807) is 13.0 Å². The Morgan fingerprint density at radius 3 is 2.28 bits per heavy atom. The smallest absolute Gasteiger partial charge is 0.376 e. The minimum absolute atomic E-state index is 0.0552. The van der Waals surface area contributed by atoms with Crippen LogP contribution < -0.4 is 16.0 Å². The molecule has 0 aliphatic heterocycles. The predicted molar refractivity (Wildman–Crippen MR) is 107 cm³/mol. The molecule has 0 heterocycles. The molecule has 5 nitrogen and oxygen atoms in total. The Bertz CT molecular complexity index is 862. The molecule has 156 valence electrons. The molecule has 0 saturated carbocycles. The maximum atomic E-state index is 12.3. The number of amides is 2. The number of nitrogens with one attached hydrogen (secondary N) is 3. The number of halogens is 3. The van der Waals surface area contributed by atoms with Crippen LogP contribution >= 0.6 is 0 Å². The topological polar surface area (TPSA) is 70.2 Å². The van der Waals surface area contributed by atoms with Crippen LogP contribution in [0.4, 0.5) is 24.5 Å². The third kappa shape index (κ3) is 7.14. The van der Waals surface area contributed by atoms with Gasteiger partial charge in [-0.2, -0.15) is 13.2 Å². The molecule has 0 saturated heterocycles. The normalized spacial score (nSPS) is 11.3. The molecule has 0 unspecified atom stereocenters. The molecule has 3 N–H and O–H groups in total. The van der Waals surface area contributed by atoms with E-state index in [-0.39, 0.29) is 18.0 Å². The molecule has 0 radical (unpaired) electrons. The lowest BCUT2D eigenvalue weighted by atomic mass is 10.0. The van der Waals surface area contributed by atoms with Crippen molar-refractivity contribution >= 4 is 23.2 Å². The van der Waals surface area contributed by atoms with Gasteiger partial charge in [0.2, 0.25) is 5.91 Å². The number of rotatable bonds is 7. The largest absolute Gasteiger partial charge is 0.405 e. The molecule has 8 heteroatoms. The van der Waals surface area contributed by atoms with Crippen LogP contribution in [0, 0.1) is 6.92 Å². The Morgan fingerprint density at radius 2 is 1.69 bits per heavy atom. The van der Waals surface area contributed by atoms with Gasteiger partial charge in [0.15, 0.2) is 0 Å². The lowest BCUT2D eigenvalue weighted by Gasteiger charge is -2.13. The first kappa shape index (κ1) is 22.3. The maximum absolute atomic E-state index is 12.3. The number of alkyl halides is 3. The van der Waals surface area contributed by atoms with Crippen LogP contribution in [0.5, 0.6) is 0 Å². The van der Waals surface area contributed by atoms with Gasteiger partial charge < -0.3 is 16.0 Å². The second-order valence-corrected chi connectivity index (χ2v) is 7.01. The van der Waals surface area contributed by atoms with Crippen molar-refractivity contribution in [1.82, 2.24) is 5.32 Å². The van der Waals surface area contributed by atoms with E-state index in [0.29, 0.717) is 17.3 Å². The predicted octanol–water partition coefficient (Wildman–Crippen LogP) is 4.46. The first-order chi connectivity index (χ1) is 13.5. The number of carbonyl (C=O) groups is 2. The van der Waals surface area contributed by atoms with E-state index in [1.165, 1.54) is 12.1 Å². The van der Waals surface area contributed by atoms with Gasteiger partial charge in [-0.3, -0.25) is 9.59 Å². The molecule has 0 fully saturated rings. The van der Waals surface area contributed by atoms with Gasteiger partial charge >= 0.3 is 6.18 Å². The minimum atomic E-state index is -4.48. The Morgan fingerprint density at radius 1 is 1.03 bits per heavy atom. The van der Waals surface area contributed by atoms with Crippen LogP contribution in [-0.4, -0.2) is 31.1 Å². The summed E-state index contributed by atoms with van der Waals surface area (Å²) in [6, 6.07) is 12.0. The van der Waals surface area contributed by atoms with Gasteiger partial charge in [-0.15, -0.1) is 0 Å². The summed E-state index contributed by atoms with van der Waals surface area (Å²) in [6.07, 6.45) is -4.48. The van der Waals surface area contributed by atoms with Crippen LogP contribution in [0.1, 0.15) is 41.3 Å². The van der Waals surface area contributed by atoms with Crippen molar-refractivity contribution in [3.63, 3.8) is 0 Å². The fraction of sp³-hybridized carbons (Fsp3) is 0.333. The van der Waals surface area contributed by atoms with Crippen molar-refractivity contribution < 1.29 is 22.8 Å². The number of aryl methyl sites for hydroxylation is 1. The second-order valence-electron chi connectivity index (χ2n) is 7.01. The minimum Gasteiger partial charge on any atom is -0.376 e. The third-order valence-corrected chi connectivity index (χ3v) is 4.25. The zero-order valence-corrected chi connectivity index (χ0v) is 16.5. The quantitative estimate of drug-likeness (QED) is 0.635. The molecular formula is C21H24F3N3O2. The number of anilines is 2. The van der Waals surface area contributed by atoms with Crippen molar-refractivity contribution in [3.8, 4) is 0 Å². The zero-order chi connectivity index (χ0) is 21.6. The highest BCUT2D eigenvalue weighted by atomic mass is 19.4. The Kier molecular flexibility index (Phi) is 7.25. The molecule has 0 aliphatic carbocycles. The standard InChI is InChI=1S/C21H24F3N3O2/c1-13(2)15-6-8-17(9-7-15)27-19(28)11-25-18-10-16(5-4-14(18)3)20(29)26-12-21(22,23)24/h4-10,13,25H,11-12H2,1-3H3,(H,26,29)(H,27,28). The number of hydrogen-bond acceptors (Lipinski definition) is 3. The van der Waals surface area contributed by atoms with Crippen LogP contribution in [0.2, 0.25) is 0 Å². The van der Waals surface area contributed by atoms with E-state index >= 15 is 0 Å². The van der Waals surface area contributed by atoms with E-state index in [0.717, 1.165) is 11.1 Å². The van der Waals surface area contributed by atoms with Gasteiger partial charge in [0.25, 0.3) is 5.91 Å². The van der Waals surface area contributed by atoms with Crippen LogP contribution in [0.15, 0.2) is 42.5 Å². The summed E-state index contributed by atoms with van der Waals surface area (Å²) < 4.78 is 36.8. The Balaban J connectivity index is 1.95. The van der Waals surface area contributed by atoms with E-state index < -0.39 is 18.6 Å². The first-order valence-electron chi connectivity index (χ1n) is 9.14. The Labute approximate surface area is 167 Å². The zero-order valence-electron chi connectivity index (χ0n) is 16.5. The number of hydrogen-bond donors (Lipinski definition) is 3. The highest BCUT2D eigenvalue weighted by Gasteiger charge is 2.28. The monoisotopic (exact) mass is 407 g/mol. The fourth-order valence-corrected chi connectivity index (χ4v) is 2.57. The lowest BCUT2D eigenvalue weighted by molar-refractivity contribution is -0.123. The van der Waals surface area contributed by atoms with E-state index in [4.69, 9.17) is 0 Å². The molecule has 2 rings (SSSR count). The summed E-state index contributed by atoms with van der Waals surface area (Å²) in [5.74, 6) is -0.723. The first-order valence-corrected chi connectivity index (χ1v) is 9.14. The summed E-state index contributed by atoms with van der Waals surface area (Å²) in [6.45, 7) is 4.47. The highest BCUT2D eigenvalue weighted by molar-refractivity contribution is 5.96. The fourth-order valence-electron chi connectivity index (χ4n) is 2.57. The van der Waals surface area contributed by atoms with Gasteiger partial charge in [0.05, 0.1) is 6.54 Å². The molecule has 0 bridgehead atoms. The SMILES string of the molecule is Cc1ccc(C(=O)NCC(F)(F)F)cc1NCC(=O)Nc1ccc(C(C)C)cc1. The van der Waals surface area contributed by atoms with E-state index in [9.17, 15) is 22.8 Å². The van der Waals surface area contributed by atoms with Crippen LogP contribution in [0.25, 0.3) is 0 Å². The number of carbonyl (C=O) groups excluding carboxylic acids is 2. The van der Waals surface area contributed by atoms with Crippen molar-refractivity contribution in [1.29, 1.82) is 0 Å². The van der Waals surface area contributed by atoms with Crippen molar-refractivity contribution in [2.45, 2.75) is 32.9 Å². The summed E-state index contributed by atoms with van der Waals surface area (Å²) in [5, 5.41) is 7.51. The molecule has 0 atom stereocenters. The summed E-state index contributed by atoms with van der Waals surface area (Å²) >= 11 is 0. The average Bonchev–Trinajstić information content (AvgIpc) is 2.65. The highest BCUT2D eigenvalue weighted by Crippen LogP contribution is 2.19. The molecular weight excluding hydrogens is 383 g/mol. The molecule has 29 heavy (non-hydrogen) atoms.